The lowest BCUT2D eigenvalue weighted by molar-refractivity contribution is 0.0696. The molecule has 0 aliphatic carbocycles. The van der Waals surface area contributed by atoms with Crippen molar-refractivity contribution in [3.63, 3.8) is 0 Å². The second-order valence-electron chi connectivity index (χ2n) is 3.51. The number of nitrogens with zero attached hydrogens (tertiary/aromatic N) is 1. The molecule has 0 bridgehead atoms. The molecule has 0 spiro atoms. The maximum absolute atomic E-state index is 11.3. The van der Waals surface area contributed by atoms with Gasteiger partial charge in [0.2, 0.25) is 0 Å². The molecule has 76 valence electrons. The van der Waals surface area contributed by atoms with E-state index in [0.717, 1.165) is 0 Å². The summed E-state index contributed by atoms with van der Waals surface area (Å²) in [6.45, 7) is 0.505. The van der Waals surface area contributed by atoms with Crippen molar-refractivity contribution in [2.75, 3.05) is 0 Å². The van der Waals surface area contributed by atoms with Crippen LogP contribution in [0.1, 0.15) is 15.9 Å². The number of aromatic carboxylic acids is 1. The summed E-state index contributed by atoms with van der Waals surface area (Å²) >= 11 is 0. The van der Waals surface area contributed by atoms with E-state index in [-0.39, 0.29) is 5.56 Å². The van der Waals surface area contributed by atoms with Gasteiger partial charge in [-0.25, -0.2) is 9.59 Å². The monoisotopic (exact) mass is 205 g/mol. The minimum atomic E-state index is -0.964. The van der Waals surface area contributed by atoms with Crippen molar-refractivity contribution in [1.29, 1.82) is 0 Å². The van der Waals surface area contributed by atoms with Gasteiger partial charge in [-0.1, -0.05) is 0 Å². The highest BCUT2D eigenvalue weighted by atomic mass is 16.4. The highest BCUT2D eigenvalue weighted by molar-refractivity contribution is 5.95. The molecule has 0 fully saturated rings. The van der Waals surface area contributed by atoms with Gasteiger partial charge in [0.05, 0.1) is 11.1 Å². The number of aromatic nitrogens is 1. The summed E-state index contributed by atoms with van der Waals surface area (Å²) < 4.78 is 6.46. The SMILES string of the molecule is O=C(O)c1ccc2oc(=O)n3c2c1CC3. The quantitative estimate of drug-likeness (QED) is 0.749. The molecule has 0 unspecified atom stereocenters. The van der Waals surface area contributed by atoms with E-state index >= 15 is 0 Å². The van der Waals surface area contributed by atoms with E-state index < -0.39 is 11.7 Å². The molecule has 0 radical (unpaired) electrons. The Labute approximate surface area is 83.5 Å². The highest BCUT2D eigenvalue weighted by Gasteiger charge is 2.24. The molecule has 0 atom stereocenters. The summed E-state index contributed by atoms with van der Waals surface area (Å²) in [6.07, 6.45) is 0.583. The van der Waals surface area contributed by atoms with Gasteiger partial charge in [0.25, 0.3) is 0 Å². The van der Waals surface area contributed by atoms with Crippen LogP contribution in [-0.4, -0.2) is 15.6 Å². The third kappa shape index (κ3) is 0.918. The minimum Gasteiger partial charge on any atom is -0.478 e. The number of hydrogen-bond donors (Lipinski definition) is 1. The van der Waals surface area contributed by atoms with E-state index in [4.69, 9.17) is 9.52 Å². The summed E-state index contributed by atoms with van der Waals surface area (Å²) in [4.78, 5) is 22.3. The van der Waals surface area contributed by atoms with Crippen LogP contribution in [0.2, 0.25) is 0 Å². The van der Waals surface area contributed by atoms with Gasteiger partial charge in [-0.05, 0) is 24.1 Å². The van der Waals surface area contributed by atoms with Crippen molar-refractivity contribution < 1.29 is 14.3 Å². The predicted molar refractivity (Wildman–Crippen MR) is 51.1 cm³/mol. The average molecular weight is 205 g/mol. The van der Waals surface area contributed by atoms with E-state index in [2.05, 4.69) is 0 Å². The average Bonchev–Trinajstić information content (AvgIpc) is 2.73. The first-order valence-electron chi connectivity index (χ1n) is 4.57. The van der Waals surface area contributed by atoms with Crippen LogP contribution in [0.5, 0.6) is 0 Å². The lowest BCUT2D eigenvalue weighted by Crippen LogP contribution is -2.10. The Bertz CT molecular complexity index is 635. The van der Waals surface area contributed by atoms with Gasteiger partial charge in [0.15, 0.2) is 5.58 Å². The van der Waals surface area contributed by atoms with Crippen LogP contribution in [-0.2, 0) is 13.0 Å². The Morgan fingerprint density at radius 3 is 3.00 bits per heavy atom. The van der Waals surface area contributed by atoms with E-state index in [1.807, 2.05) is 0 Å². The molecular formula is C10H7NO4. The van der Waals surface area contributed by atoms with Crippen LogP contribution in [0.25, 0.3) is 11.1 Å². The van der Waals surface area contributed by atoms with Crippen LogP contribution in [0, 0.1) is 0 Å². The molecule has 1 aromatic carbocycles. The Balaban J connectivity index is 2.50. The number of rotatable bonds is 1. The zero-order chi connectivity index (χ0) is 10.6. The first-order chi connectivity index (χ1) is 7.18. The minimum absolute atomic E-state index is 0.259. The zero-order valence-corrected chi connectivity index (χ0v) is 7.69. The lowest BCUT2D eigenvalue weighted by Gasteiger charge is -1.99. The number of aryl methyl sites for hydroxylation is 2. The molecule has 5 nitrogen and oxygen atoms in total. The second-order valence-corrected chi connectivity index (χ2v) is 3.51. The fourth-order valence-electron chi connectivity index (χ4n) is 2.11. The Morgan fingerprint density at radius 2 is 2.27 bits per heavy atom. The van der Waals surface area contributed by atoms with Crippen LogP contribution >= 0.6 is 0 Å². The molecule has 1 N–H and O–H groups in total. The number of hydrogen-bond acceptors (Lipinski definition) is 3. The molecule has 1 aliphatic heterocycles. The van der Waals surface area contributed by atoms with Gasteiger partial charge in [0.1, 0.15) is 0 Å². The van der Waals surface area contributed by atoms with Crippen molar-refractivity contribution in [3.05, 3.63) is 33.8 Å². The fourth-order valence-corrected chi connectivity index (χ4v) is 2.11. The van der Waals surface area contributed by atoms with E-state index in [0.29, 0.717) is 29.6 Å². The zero-order valence-electron chi connectivity index (χ0n) is 7.69. The second kappa shape index (κ2) is 2.50. The van der Waals surface area contributed by atoms with Crippen molar-refractivity contribution >= 4 is 17.1 Å². The van der Waals surface area contributed by atoms with Gasteiger partial charge in [0, 0.05) is 6.54 Å². The third-order valence-electron chi connectivity index (χ3n) is 2.75. The molecule has 2 heterocycles. The van der Waals surface area contributed by atoms with Crippen LogP contribution in [0.4, 0.5) is 0 Å². The number of carboxylic acids is 1. The predicted octanol–water partition coefficient (Wildman–Crippen LogP) is 0.849. The van der Waals surface area contributed by atoms with Gasteiger partial charge in [-0.2, -0.15) is 0 Å². The maximum Gasteiger partial charge on any atom is 0.419 e. The molecule has 0 amide bonds. The van der Waals surface area contributed by atoms with E-state index in [1.54, 1.807) is 0 Å². The molecule has 15 heavy (non-hydrogen) atoms. The van der Waals surface area contributed by atoms with Crippen molar-refractivity contribution in [3.8, 4) is 0 Å². The summed E-state index contributed by atoms with van der Waals surface area (Å²) in [5.41, 5.74) is 2.07. The number of carboxylic acid groups (broad SMARTS) is 1. The lowest BCUT2D eigenvalue weighted by atomic mass is 10.1. The summed E-state index contributed by atoms with van der Waals surface area (Å²) in [6, 6.07) is 3.02. The molecule has 5 heteroatoms. The molecule has 0 saturated heterocycles. The fraction of sp³-hybridized carbons (Fsp3) is 0.200. The van der Waals surface area contributed by atoms with Gasteiger partial charge >= 0.3 is 11.7 Å². The van der Waals surface area contributed by atoms with Gasteiger partial charge in [-0.3, -0.25) is 4.57 Å². The van der Waals surface area contributed by atoms with Crippen LogP contribution < -0.4 is 5.76 Å². The number of oxazole rings is 1. The summed E-state index contributed by atoms with van der Waals surface area (Å²) in [5.74, 6) is -1.37. The van der Waals surface area contributed by atoms with Gasteiger partial charge in [-0.15, -0.1) is 0 Å². The van der Waals surface area contributed by atoms with Crippen molar-refractivity contribution in [1.82, 2.24) is 4.57 Å². The molecular weight excluding hydrogens is 198 g/mol. The Morgan fingerprint density at radius 1 is 1.47 bits per heavy atom. The Kier molecular flexibility index (Phi) is 1.38. The molecule has 0 saturated carbocycles. The molecule has 1 aliphatic rings. The van der Waals surface area contributed by atoms with Crippen molar-refractivity contribution in [2.45, 2.75) is 13.0 Å². The molecule has 3 rings (SSSR count). The summed E-state index contributed by atoms with van der Waals surface area (Å²) in [5, 5.41) is 8.97. The molecule has 1 aromatic heterocycles. The van der Waals surface area contributed by atoms with Crippen molar-refractivity contribution in [2.24, 2.45) is 0 Å². The normalized spacial score (nSPS) is 13.6. The van der Waals surface area contributed by atoms with E-state index in [1.165, 1.54) is 16.7 Å². The topological polar surface area (TPSA) is 72.4 Å². The van der Waals surface area contributed by atoms with Crippen LogP contribution in [0.3, 0.4) is 0 Å². The molecule has 2 aromatic rings. The summed E-state index contributed by atoms with van der Waals surface area (Å²) in [7, 11) is 0. The third-order valence-corrected chi connectivity index (χ3v) is 2.75. The first-order valence-corrected chi connectivity index (χ1v) is 4.57. The smallest absolute Gasteiger partial charge is 0.419 e. The first kappa shape index (κ1) is 8.28. The van der Waals surface area contributed by atoms with Gasteiger partial charge < -0.3 is 9.52 Å². The largest absolute Gasteiger partial charge is 0.478 e. The Hall–Kier alpha value is -2.04. The standard InChI is InChI=1S/C10H7NO4/c12-9(13)6-1-2-7-8-5(6)3-4-11(8)10(14)15-7/h1-2H,3-4H2,(H,12,13). The van der Waals surface area contributed by atoms with E-state index in [9.17, 15) is 9.59 Å². The number of benzene rings is 1. The van der Waals surface area contributed by atoms with Crippen LogP contribution in [0.15, 0.2) is 21.3 Å². The number of carbonyl (C=O) groups is 1. The maximum atomic E-state index is 11.3. The highest BCUT2D eigenvalue weighted by Crippen LogP contribution is 2.27.